The van der Waals surface area contributed by atoms with Crippen molar-refractivity contribution in [3.05, 3.63) is 103 Å². The number of fused-ring (bicyclic) bond motifs is 1. The molecule has 0 radical (unpaired) electrons. The lowest BCUT2D eigenvalue weighted by Crippen LogP contribution is -2.04. The molecule has 2 aromatic carbocycles. The van der Waals surface area contributed by atoms with Crippen molar-refractivity contribution in [3.8, 4) is 5.75 Å². The van der Waals surface area contributed by atoms with Gasteiger partial charge in [0.25, 0.3) is 0 Å². The Labute approximate surface area is 213 Å². The highest BCUT2D eigenvalue weighted by molar-refractivity contribution is 5.84. The van der Waals surface area contributed by atoms with Gasteiger partial charge in [-0.3, -0.25) is 0 Å². The van der Waals surface area contributed by atoms with Gasteiger partial charge >= 0.3 is 0 Å². The normalized spacial score (nSPS) is 13.4. The Hall–Kier alpha value is -3.20. The van der Waals surface area contributed by atoms with Crippen LogP contribution in [0.15, 0.2) is 97.0 Å². The lowest BCUT2D eigenvalue weighted by molar-refractivity contribution is 0.413. The van der Waals surface area contributed by atoms with Crippen LogP contribution in [0.5, 0.6) is 5.75 Å². The number of hydrogen-bond acceptors (Lipinski definition) is 3. The molecule has 3 N–H and O–H groups in total. The monoisotopic (exact) mass is 478 g/mol. The van der Waals surface area contributed by atoms with Crippen molar-refractivity contribution >= 4 is 10.8 Å². The zero-order valence-electron chi connectivity index (χ0n) is 22.8. The molecule has 2 atom stereocenters. The van der Waals surface area contributed by atoms with Crippen LogP contribution in [0.25, 0.3) is 10.8 Å². The van der Waals surface area contributed by atoms with Gasteiger partial charge in [0.05, 0.1) is 0 Å². The summed E-state index contributed by atoms with van der Waals surface area (Å²) in [7, 11) is 0. The predicted molar refractivity (Wildman–Crippen MR) is 154 cm³/mol. The van der Waals surface area contributed by atoms with Gasteiger partial charge in [0, 0.05) is 11.1 Å². The second-order valence-electron chi connectivity index (χ2n) is 9.12. The number of rotatable bonds is 8. The van der Waals surface area contributed by atoms with Crippen LogP contribution in [0, 0.1) is 11.8 Å². The van der Waals surface area contributed by atoms with E-state index in [0.29, 0.717) is 28.7 Å². The maximum Gasteiger partial charge on any atom is 0.119 e. The molecule has 35 heavy (non-hydrogen) atoms. The Morgan fingerprint density at radius 2 is 1.37 bits per heavy atom. The van der Waals surface area contributed by atoms with Gasteiger partial charge in [0.15, 0.2) is 0 Å². The second kappa shape index (κ2) is 16.4. The Morgan fingerprint density at radius 1 is 0.857 bits per heavy atom. The van der Waals surface area contributed by atoms with Crippen LogP contribution in [0.1, 0.15) is 72.8 Å². The Kier molecular flexibility index (Phi) is 14.9. The SMILES string of the molecule is C=C/C(C(=C)O)=C(C=C)\C(O)=C/C.CCC(C)C.CCC(C)C(C)c1ccc2cc(O)ccc2c1. The van der Waals surface area contributed by atoms with Crippen molar-refractivity contribution in [1.29, 1.82) is 0 Å². The van der Waals surface area contributed by atoms with Crippen molar-refractivity contribution in [1.82, 2.24) is 0 Å². The molecular weight excluding hydrogens is 432 g/mol. The van der Waals surface area contributed by atoms with Crippen LogP contribution in [-0.4, -0.2) is 15.3 Å². The maximum atomic E-state index is 9.44. The number of allylic oxidation sites excluding steroid dienone is 3. The summed E-state index contributed by atoms with van der Waals surface area (Å²) in [6, 6.07) is 12.1. The third kappa shape index (κ3) is 10.7. The highest BCUT2D eigenvalue weighted by atomic mass is 16.3. The third-order valence-electron chi connectivity index (χ3n) is 6.25. The molecule has 2 aromatic rings. The van der Waals surface area contributed by atoms with Gasteiger partial charge in [-0.15, -0.1) is 0 Å². The van der Waals surface area contributed by atoms with Crippen LogP contribution in [0.3, 0.4) is 0 Å². The molecule has 0 aliphatic carbocycles. The molecule has 0 aromatic heterocycles. The summed E-state index contributed by atoms with van der Waals surface area (Å²) >= 11 is 0. The van der Waals surface area contributed by atoms with Gasteiger partial charge in [-0.05, 0) is 59.2 Å². The average Bonchev–Trinajstić information content (AvgIpc) is 2.85. The predicted octanol–water partition coefficient (Wildman–Crippen LogP) is 9.94. The fourth-order valence-corrected chi connectivity index (χ4v) is 3.11. The number of phenols is 1. The lowest BCUT2D eigenvalue weighted by atomic mass is 9.86. The maximum absolute atomic E-state index is 9.44. The van der Waals surface area contributed by atoms with E-state index in [9.17, 15) is 10.2 Å². The van der Waals surface area contributed by atoms with Crippen LogP contribution >= 0.6 is 0 Å². The summed E-state index contributed by atoms with van der Waals surface area (Å²) in [4.78, 5) is 0. The molecular formula is C32H46O3. The van der Waals surface area contributed by atoms with Crippen molar-refractivity contribution in [2.45, 2.75) is 67.2 Å². The highest BCUT2D eigenvalue weighted by Gasteiger charge is 2.12. The van der Waals surface area contributed by atoms with E-state index in [1.165, 1.54) is 42.0 Å². The Morgan fingerprint density at radius 3 is 1.80 bits per heavy atom. The fraction of sp³-hybridized carbons (Fsp3) is 0.375. The van der Waals surface area contributed by atoms with Gasteiger partial charge in [-0.2, -0.15) is 0 Å². The second-order valence-corrected chi connectivity index (χ2v) is 9.12. The molecule has 0 spiro atoms. The smallest absolute Gasteiger partial charge is 0.119 e. The standard InChI is InChI=1S/C16H20O.C11H14O2.C5H12/c1-4-11(2)12(3)13-5-6-15-10-16(17)8-7-14(15)9-13;1-5-9(8(4)12)10(6-2)11(13)7-3;1-4-5(2)3/h5-12,17H,4H2,1-3H3;5-7,12-13H,1-2,4H2,3H3;5H,4H2,1-3H3/b;10-9+,11-7+;. The first-order chi connectivity index (χ1) is 16.5. The lowest BCUT2D eigenvalue weighted by Gasteiger charge is -2.19. The van der Waals surface area contributed by atoms with E-state index in [0.717, 1.165) is 11.3 Å². The summed E-state index contributed by atoms with van der Waals surface area (Å²) in [5.41, 5.74) is 2.19. The number of benzene rings is 2. The molecule has 3 nitrogen and oxygen atoms in total. The van der Waals surface area contributed by atoms with Crippen molar-refractivity contribution in [2.24, 2.45) is 11.8 Å². The number of hydrogen-bond donors (Lipinski definition) is 3. The molecule has 0 heterocycles. The third-order valence-corrected chi connectivity index (χ3v) is 6.25. The molecule has 2 unspecified atom stereocenters. The van der Waals surface area contributed by atoms with E-state index >= 15 is 0 Å². The topological polar surface area (TPSA) is 60.7 Å². The largest absolute Gasteiger partial charge is 0.508 e. The molecule has 3 heteroatoms. The van der Waals surface area contributed by atoms with Gasteiger partial charge in [0.1, 0.15) is 17.3 Å². The first kappa shape index (κ1) is 31.8. The van der Waals surface area contributed by atoms with Gasteiger partial charge in [-0.25, -0.2) is 0 Å². The molecule has 0 amide bonds. The molecule has 0 aliphatic rings. The fourth-order valence-electron chi connectivity index (χ4n) is 3.11. The van der Waals surface area contributed by atoms with Crippen LogP contribution in [0.4, 0.5) is 0 Å². The van der Waals surface area contributed by atoms with E-state index in [2.05, 4.69) is 79.5 Å². The molecule has 0 bridgehead atoms. The average molecular weight is 479 g/mol. The van der Waals surface area contributed by atoms with Crippen LogP contribution in [-0.2, 0) is 0 Å². The number of phenolic OH excluding ortho intramolecular Hbond substituents is 1. The number of aromatic hydroxyl groups is 1. The van der Waals surface area contributed by atoms with Crippen LogP contribution in [0.2, 0.25) is 0 Å². The molecule has 192 valence electrons. The first-order valence-electron chi connectivity index (χ1n) is 12.4. The summed E-state index contributed by atoms with van der Waals surface area (Å²) in [5, 5.41) is 30.3. The highest BCUT2D eigenvalue weighted by Crippen LogP contribution is 2.29. The quantitative estimate of drug-likeness (QED) is 0.261. The summed E-state index contributed by atoms with van der Waals surface area (Å²) < 4.78 is 0. The van der Waals surface area contributed by atoms with Crippen LogP contribution < -0.4 is 0 Å². The van der Waals surface area contributed by atoms with E-state index in [1.54, 1.807) is 13.0 Å². The first-order valence-corrected chi connectivity index (χ1v) is 12.4. The molecule has 0 aliphatic heterocycles. The number of aliphatic hydroxyl groups excluding tert-OH is 2. The molecule has 0 saturated carbocycles. The van der Waals surface area contributed by atoms with E-state index in [1.807, 2.05) is 12.1 Å². The minimum absolute atomic E-state index is 0.0418. The zero-order chi connectivity index (χ0) is 27.1. The summed E-state index contributed by atoms with van der Waals surface area (Å²) in [5.74, 6) is 2.40. The van der Waals surface area contributed by atoms with Gasteiger partial charge in [-0.1, -0.05) is 111 Å². The van der Waals surface area contributed by atoms with Gasteiger partial charge < -0.3 is 15.3 Å². The minimum Gasteiger partial charge on any atom is -0.508 e. The number of aliphatic hydroxyl groups is 2. The van der Waals surface area contributed by atoms with Crippen molar-refractivity contribution in [2.75, 3.05) is 0 Å². The van der Waals surface area contributed by atoms with E-state index in [4.69, 9.17) is 5.11 Å². The zero-order valence-corrected chi connectivity index (χ0v) is 22.8. The van der Waals surface area contributed by atoms with Crippen molar-refractivity contribution in [3.63, 3.8) is 0 Å². The minimum atomic E-state index is -0.140. The summed E-state index contributed by atoms with van der Waals surface area (Å²) in [6.07, 6.45) is 6.87. The molecule has 0 saturated heterocycles. The van der Waals surface area contributed by atoms with Crippen molar-refractivity contribution < 1.29 is 15.3 Å². The summed E-state index contributed by atoms with van der Waals surface area (Å²) in [6.45, 7) is 25.5. The van der Waals surface area contributed by atoms with E-state index < -0.39 is 0 Å². The van der Waals surface area contributed by atoms with Gasteiger partial charge in [0.2, 0.25) is 0 Å². The molecule has 0 fully saturated rings. The van der Waals surface area contributed by atoms with E-state index in [-0.39, 0.29) is 11.5 Å². The Balaban J connectivity index is 0.000000571. The molecule has 2 rings (SSSR count). The Bertz CT molecular complexity index is 1020.